The summed E-state index contributed by atoms with van der Waals surface area (Å²) in [7, 11) is 1.50. The van der Waals surface area contributed by atoms with Crippen molar-refractivity contribution in [3.05, 3.63) is 93.7 Å². The van der Waals surface area contributed by atoms with Gasteiger partial charge in [0.05, 0.1) is 12.8 Å². The molecular formula is C25H18BrFN2O4S. The maximum Gasteiger partial charge on any atom is 0.270 e. The Balaban J connectivity index is 1.60. The van der Waals surface area contributed by atoms with Crippen molar-refractivity contribution < 1.29 is 23.5 Å². The third-order valence-corrected chi connectivity index (χ3v) is 5.81. The van der Waals surface area contributed by atoms with Crippen LogP contribution >= 0.6 is 28.1 Å². The van der Waals surface area contributed by atoms with Crippen molar-refractivity contribution >= 4 is 56.8 Å². The van der Waals surface area contributed by atoms with Crippen LogP contribution in [0.5, 0.6) is 11.5 Å². The number of nitrogens with zero attached hydrogens (tertiary/aromatic N) is 1. The highest BCUT2D eigenvalue weighted by molar-refractivity contribution is 9.10. The number of carbonyl (C=O) groups excluding carboxylic acids is 2. The standard InChI is InChI=1S/C25H18BrFN2O4S/c1-32-22-13-16(8-11-21(22)33-14-15-6-9-17(26)10-7-15)12-18-23(30)28-25(34)29(24(18)31)20-5-3-2-4-19(20)27/h2-13H,14H2,1H3,(H,28,30,34)/b18-12+. The Morgan fingerprint density at radius 2 is 1.79 bits per heavy atom. The van der Waals surface area contributed by atoms with Crippen molar-refractivity contribution in [2.75, 3.05) is 12.0 Å². The summed E-state index contributed by atoms with van der Waals surface area (Å²) in [5.41, 5.74) is 1.26. The van der Waals surface area contributed by atoms with Gasteiger partial charge in [-0.3, -0.25) is 14.9 Å². The number of hydrogen-bond donors (Lipinski definition) is 1. The molecule has 1 N–H and O–H groups in total. The molecule has 0 radical (unpaired) electrons. The van der Waals surface area contributed by atoms with E-state index < -0.39 is 17.6 Å². The summed E-state index contributed by atoms with van der Waals surface area (Å²) in [4.78, 5) is 26.6. The molecular weight excluding hydrogens is 523 g/mol. The van der Waals surface area contributed by atoms with Gasteiger partial charge in [0, 0.05) is 4.47 Å². The Labute approximate surface area is 209 Å². The lowest BCUT2D eigenvalue weighted by Gasteiger charge is -2.29. The van der Waals surface area contributed by atoms with Crippen LogP contribution in [-0.2, 0) is 16.2 Å². The molecule has 172 valence electrons. The van der Waals surface area contributed by atoms with Gasteiger partial charge in [-0.1, -0.05) is 46.3 Å². The summed E-state index contributed by atoms with van der Waals surface area (Å²) >= 11 is 8.51. The number of rotatable bonds is 6. The number of methoxy groups -OCH3 is 1. The first-order chi connectivity index (χ1) is 16.4. The van der Waals surface area contributed by atoms with E-state index in [2.05, 4.69) is 21.2 Å². The third-order valence-electron chi connectivity index (χ3n) is 5.00. The second-order valence-corrected chi connectivity index (χ2v) is 8.54. The number of carbonyl (C=O) groups is 2. The van der Waals surface area contributed by atoms with Gasteiger partial charge in [0.25, 0.3) is 11.8 Å². The van der Waals surface area contributed by atoms with Gasteiger partial charge in [0.1, 0.15) is 18.0 Å². The first-order valence-electron chi connectivity index (χ1n) is 10.1. The van der Waals surface area contributed by atoms with Crippen LogP contribution in [-0.4, -0.2) is 24.0 Å². The molecule has 1 saturated heterocycles. The first-order valence-corrected chi connectivity index (χ1v) is 11.3. The molecule has 0 atom stereocenters. The summed E-state index contributed by atoms with van der Waals surface area (Å²) < 4.78 is 26.6. The normalized spacial score (nSPS) is 14.9. The van der Waals surface area contributed by atoms with Crippen LogP contribution in [0, 0.1) is 5.82 Å². The molecule has 9 heteroatoms. The maximum absolute atomic E-state index is 14.3. The predicted molar refractivity (Wildman–Crippen MR) is 134 cm³/mol. The number of halogens is 2. The first kappa shape index (κ1) is 23.6. The van der Waals surface area contributed by atoms with Gasteiger partial charge in [-0.25, -0.2) is 9.29 Å². The van der Waals surface area contributed by atoms with Crippen LogP contribution in [0.1, 0.15) is 11.1 Å². The van der Waals surface area contributed by atoms with E-state index in [9.17, 15) is 14.0 Å². The fourth-order valence-corrected chi connectivity index (χ4v) is 3.85. The van der Waals surface area contributed by atoms with Crippen LogP contribution in [0.3, 0.4) is 0 Å². The van der Waals surface area contributed by atoms with Crippen molar-refractivity contribution in [1.82, 2.24) is 5.32 Å². The minimum atomic E-state index is -0.728. The lowest BCUT2D eigenvalue weighted by atomic mass is 10.1. The molecule has 1 heterocycles. The van der Waals surface area contributed by atoms with Gasteiger partial charge >= 0.3 is 0 Å². The Morgan fingerprint density at radius 1 is 1.06 bits per heavy atom. The number of para-hydroxylation sites is 1. The zero-order valence-corrected chi connectivity index (χ0v) is 20.3. The fraction of sp³-hybridized carbons (Fsp3) is 0.0800. The van der Waals surface area contributed by atoms with E-state index in [1.807, 2.05) is 24.3 Å². The number of ether oxygens (including phenoxy) is 2. The van der Waals surface area contributed by atoms with Crippen LogP contribution in [0.4, 0.5) is 10.1 Å². The number of hydrogen-bond acceptors (Lipinski definition) is 5. The van der Waals surface area contributed by atoms with Crippen LogP contribution < -0.4 is 19.7 Å². The summed E-state index contributed by atoms with van der Waals surface area (Å²) in [6.45, 7) is 0.333. The molecule has 0 aliphatic carbocycles. The minimum Gasteiger partial charge on any atom is -0.493 e. The van der Waals surface area contributed by atoms with E-state index in [1.54, 1.807) is 24.3 Å². The summed E-state index contributed by atoms with van der Waals surface area (Å²) in [5, 5.41) is 2.25. The van der Waals surface area contributed by atoms with E-state index in [1.165, 1.54) is 31.4 Å². The minimum absolute atomic E-state index is 0.0438. The third kappa shape index (κ3) is 5.00. The van der Waals surface area contributed by atoms with Gasteiger partial charge in [-0.2, -0.15) is 0 Å². The molecule has 3 aromatic carbocycles. The van der Waals surface area contributed by atoms with Crippen molar-refractivity contribution in [2.24, 2.45) is 0 Å². The molecule has 0 saturated carbocycles. The van der Waals surface area contributed by atoms with E-state index in [0.29, 0.717) is 23.7 Å². The largest absolute Gasteiger partial charge is 0.493 e. The number of nitrogens with one attached hydrogen (secondary N) is 1. The van der Waals surface area contributed by atoms with Gasteiger partial charge in [0.15, 0.2) is 16.6 Å². The zero-order chi connectivity index (χ0) is 24.2. The molecule has 0 aromatic heterocycles. The second kappa shape index (κ2) is 10.1. The zero-order valence-electron chi connectivity index (χ0n) is 17.9. The number of benzene rings is 3. The quantitative estimate of drug-likeness (QED) is 0.270. The molecule has 0 unspecified atom stereocenters. The Morgan fingerprint density at radius 3 is 2.50 bits per heavy atom. The number of anilines is 1. The molecule has 1 fully saturated rings. The summed E-state index contributed by atoms with van der Waals surface area (Å²) in [5.74, 6) is -1.11. The molecule has 1 aliphatic rings. The van der Waals surface area contributed by atoms with Crippen molar-refractivity contribution in [1.29, 1.82) is 0 Å². The maximum atomic E-state index is 14.3. The highest BCUT2D eigenvalue weighted by atomic mass is 79.9. The Bertz CT molecular complexity index is 1310. The molecule has 1 aliphatic heterocycles. The molecule has 3 aromatic rings. The molecule has 34 heavy (non-hydrogen) atoms. The smallest absolute Gasteiger partial charge is 0.270 e. The van der Waals surface area contributed by atoms with Crippen LogP contribution in [0.25, 0.3) is 6.08 Å². The average Bonchev–Trinajstić information content (AvgIpc) is 2.83. The molecule has 0 spiro atoms. The average molecular weight is 541 g/mol. The predicted octanol–water partition coefficient (Wildman–Crippen LogP) is 5.01. The number of amides is 2. The lowest BCUT2D eigenvalue weighted by Crippen LogP contribution is -2.54. The van der Waals surface area contributed by atoms with Crippen molar-refractivity contribution in [3.8, 4) is 11.5 Å². The topological polar surface area (TPSA) is 67.9 Å². The monoisotopic (exact) mass is 540 g/mol. The second-order valence-electron chi connectivity index (χ2n) is 7.23. The van der Waals surface area contributed by atoms with Gasteiger partial charge in [-0.05, 0) is 65.8 Å². The Kier molecular flexibility index (Phi) is 7.04. The van der Waals surface area contributed by atoms with Gasteiger partial charge in [0.2, 0.25) is 0 Å². The van der Waals surface area contributed by atoms with Crippen LogP contribution in [0.15, 0.2) is 76.8 Å². The molecule has 0 bridgehead atoms. The fourth-order valence-electron chi connectivity index (χ4n) is 3.31. The van der Waals surface area contributed by atoms with E-state index in [-0.39, 0.29) is 16.4 Å². The van der Waals surface area contributed by atoms with Gasteiger partial charge in [-0.15, -0.1) is 0 Å². The SMILES string of the molecule is COc1cc(/C=C2\C(=O)NC(=S)N(c3ccccc3F)C2=O)ccc1OCc1ccc(Br)cc1. The highest BCUT2D eigenvalue weighted by Crippen LogP contribution is 2.31. The lowest BCUT2D eigenvalue weighted by molar-refractivity contribution is -0.122. The Hall–Kier alpha value is -3.56. The van der Waals surface area contributed by atoms with Crippen LogP contribution in [0.2, 0.25) is 0 Å². The van der Waals surface area contributed by atoms with Gasteiger partial charge < -0.3 is 9.47 Å². The number of thiocarbonyl (C=S) groups is 1. The van der Waals surface area contributed by atoms with E-state index in [0.717, 1.165) is 14.9 Å². The van der Waals surface area contributed by atoms with E-state index in [4.69, 9.17) is 21.7 Å². The molecule has 2 amide bonds. The van der Waals surface area contributed by atoms with Crippen molar-refractivity contribution in [2.45, 2.75) is 6.61 Å². The summed E-state index contributed by atoms with van der Waals surface area (Å²) in [6.07, 6.45) is 1.40. The van der Waals surface area contributed by atoms with E-state index >= 15 is 0 Å². The van der Waals surface area contributed by atoms with Crippen molar-refractivity contribution in [3.63, 3.8) is 0 Å². The summed E-state index contributed by atoms with van der Waals surface area (Å²) in [6, 6.07) is 18.4. The molecule has 6 nitrogen and oxygen atoms in total. The molecule has 4 rings (SSSR count). The highest BCUT2D eigenvalue weighted by Gasteiger charge is 2.35.